The molecule has 0 aliphatic carbocycles. The number of amides is 2. The first-order chi connectivity index (χ1) is 12.6. The topological polar surface area (TPSA) is 32.3 Å². The van der Waals surface area contributed by atoms with E-state index in [9.17, 15) is 4.79 Å². The minimum atomic E-state index is -0.151. The summed E-state index contributed by atoms with van der Waals surface area (Å²) in [5.41, 5.74) is 5.16. The maximum Gasteiger partial charge on any atom is 0.322 e. The van der Waals surface area contributed by atoms with E-state index in [1.165, 1.54) is 0 Å². The van der Waals surface area contributed by atoms with Gasteiger partial charge in [0.1, 0.15) is 0 Å². The number of para-hydroxylation sites is 1. The summed E-state index contributed by atoms with van der Waals surface area (Å²) in [5, 5.41) is 3.09. The van der Waals surface area contributed by atoms with Gasteiger partial charge in [-0.3, -0.25) is 0 Å². The number of hydrogen-bond acceptors (Lipinski definition) is 1. The highest BCUT2D eigenvalue weighted by Gasteiger charge is 2.24. The van der Waals surface area contributed by atoms with Crippen molar-refractivity contribution in [3.8, 4) is 0 Å². The molecule has 3 nitrogen and oxygen atoms in total. The molecule has 2 amide bonds. The zero-order valence-electron chi connectivity index (χ0n) is 15.4. The molecule has 0 aliphatic rings. The Bertz CT molecular complexity index is 815. The fourth-order valence-corrected chi connectivity index (χ4v) is 3.23. The van der Waals surface area contributed by atoms with Gasteiger partial charge in [0.2, 0.25) is 0 Å². The molecule has 0 radical (unpaired) electrons. The summed E-state index contributed by atoms with van der Waals surface area (Å²) >= 11 is 0. The molecule has 0 fully saturated rings. The van der Waals surface area contributed by atoms with Crippen LogP contribution in [0, 0.1) is 13.8 Å². The number of nitrogens with one attached hydrogen (secondary N) is 1. The third-order valence-electron chi connectivity index (χ3n) is 4.65. The van der Waals surface area contributed by atoms with Gasteiger partial charge in [-0.1, -0.05) is 78.9 Å². The van der Waals surface area contributed by atoms with Gasteiger partial charge in [0.05, 0.1) is 6.04 Å². The first-order valence-electron chi connectivity index (χ1n) is 8.78. The maximum atomic E-state index is 13.0. The first kappa shape index (κ1) is 17.7. The van der Waals surface area contributed by atoms with E-state index in [1.807, 2.05) is 75.5 Å². The monoisotopic (exact) mass is 344 g/mol. The summed E-state index contributed by atoms with van der Waals surface area (Å²) in [6.07, 6.45) is 0. The standard InChI is InChI=1S/C23H24N2O/c1-17-11-10-12-18(2)21(17)24-23(26)25(3)22(19-13-6-4-7-14-19)20-15-8-5-9-16-20/h4-16,22H,1-3H3,(H,24,26). The van der Waals surface area contributed by atoms with Gasteiger partial charge < -0.3 is 10.2 Å². The van der Waals surface area contributed by atoms with E-state index in [0.29, 0.717) is 0 Å². The van der Waals surface area contributed by atoms with Crippen LogP contribution in [0.2, 0.25) is 0 Å². The molecule has 0 unspecified atom stereocenters. The van der Waals surface area contributed by atoms with Gasteiger partial charge in [0, 0.05) is 12.7 Å². The third kappa shape index (κ3) is 3.77. The molecule has 3 heteroatoms. The lowest BCUT2D eigenvalue weighted by Gasteiger charge is -2.30. The molecule has 0 atom stereocenters. The lowest BCUT2D eigenvalue weighted by molar-refractivity contribution is 0.212. The molecule has 3 aromatic carbocycles. The zero-order valence-corrected chi connectivity index (χ0v) is 15.4. The van der Waals surface area contributed by atoms with Crippen LogP contribution in [0.1, 0.15) is 28.3 Å². The minimum Gasteiger partial charge on any atom is -0.316 e. The zero-order chi connectivity index (χ0) is 18.5. The molecule has 132 valence electrons. The van der Waals surface area contributed by atoms with Crippen molar-refractivity contribution in [2.45, 2.75) is 19.9 Å². The number of carbonyl (C=O) groups is 1. The quantitative estimate of drug-likeness (QED) is 0.660. The number of aryl methyl sites for hydroxylation is 2. The number of benzene rings is 3. The molecule has 0 bridgehead atoms. The lowest BCUT2D eigenvalue weighted by Crippen LogP contribution is -2.35. The highest BCUT2D eigenvalue weighted by Crippen LogP contribution is 2.28. The summed E-state index contributed by atoms with van der Waals surface area (Å²) < 4.78 is 0. The summed E-state index contributed by atoms with van der Waals surface area (Å²) in [4.78, 5) is 14.8. The summed E-state index contributed by atoms with van der Waals surface area (Å²) in [6, 6.07) is 26.0. The Hall–Kier alpha value is -3.07. The summed E-state index contributed by atoms with van der Waals surface area (Å²) in [5.74, 6) is 0. The van der Waals surface area contributed by atoms with Crippen LogP contribution in [0.15, 0.2) is 78.9 Å². The molecule has 0 aromatic heterocycles. The van der Waals surface area contributed by atoms with Gasteiger partial charge in [0.15, 0.2) is 0 Å². The Balaban J connectivity index is 1.93. The van der Waals surface area contributed by atoms with Crippen LogP contribution < -0.4 is 5.32 Å². The van der Waals surface area contributed by atoms with E-state index in [2.05, 4.69) is 29.6 Å². The van der Waals surface area contributed by atoms with Crippen LogP contribution >= 0.6 is 0 Å². The van der Waals surface area contributed by atoms with E-state index in [-0.39, 0.29) is 12.1 Å². The minimum absolute atomic E-state index is 0.125. The Morgan fingerprint density at radius 2 is 1.23 bits per heavy atom. The van der Waals surface area contributed by atoms with Crippen molar-refractivity contribution >= 4 is 11.7 Å². The predicted molar refractivity (Wildman–Crippen MR) is 107 cm³/mol. The van der Waals surface area contributed by atoms with Crippen molar-refractivity contribution < 1.29 is 4.79 Å². The molecular formula is C23H24N2O. The normalized spacial score (nSPS) is 10.6. The highest BCUT2D eigenvalue weighted by molar-refractivity contribution is 5.91. The molecular weight excluding hydrogens is 320 g/mol. The smallest absolute Gasteiger partial charge is 0.316 e. The number of carbonyl (C=O) groups excluding carboxylic acids is 1. The first-order valence-corrected chi connectivity index (χ1v) is 8.78. The van der Waals surface area contributed by atoms with Crippen molar-refractivity contribution in [1.29, 1.82) is 0 Å². The Morgan fingerprint density at radius 1 is 0.769 bits per heavy atom. The summed E-state index contributed by atoms with van der Waals surface area (Å²) in [7, 11) is 1.84. The van der Waals surface area contributed by atoms with E-state index in [0.717, 1.165) is 27.9 Å². The number of urea groups is 1. The largest absolute Gasteiger partial charge is 0.322 e. The van der Waals surface area contributed by atoms with Crippen molar-refractivity contribution in [2.24, 2.45) is 0 Å². The summed E-state index contributed by atoms with van der Waals surface area (Å²) in [6.45, 7) is 4.02. The molecule has 3 aromatic rings. The number of nitrogens with zero attached hydrogens (tertiary/aromatic N) is 1. The fourth-order valence-electron chi connectivity index (χ4n) is 3.23. The Labute approximate surface area is 155 Å². The van der Waals surface area contributed by atoms with Crippen LogP contribution in [0.25, 0.3) is 0 Å². The Morgan fingerprint density at radius 3 is 1.69 bits per heavy atom. The van der Waals surface area contributed by atoms with Gasteiger partial charge in [-0.2, -0.15) is 0 Å². The third-order valence-corrected chi connectivity index (χ3v) is 4.65. The average molecular weight is 344 g/mol. The second kappa shape index (κ2) is 7.87. The predicted octanol–water partition coefficient (Wildman–Crippen LogP) is 5.56. The lowest BCUT2D eigenvalue weighted by atomic mass is 9.97. The van der Waals surface area contributed by atoms with Gasteiger partial charge >= 0.3 is 6.03 Å². The van der Waals surface area contributed by atoms with Gasteiger partial charge in [-0.25, -0.2) is 4.79 Å². The number of hydrogen-bond donors (Lipinski definition) is 1. The van der Waals surface area contributed by atoms with Crippen molar-refractivity contribution in [3.05, 3.63) is 101 Å². The average Bonchev–Trinajstić information content (AvgIpc) is 2.66. The van der Waals surface area contributed by atoms with Crippen LogP contribution in [-0.2, 0) is 0 Å². The van der Waals surface area contributed by atoms with E-state index in [4.69, 9.17) is 0 Å². The molecule has 0 aliphatic heterocycles. The van der Waals surface area contributed by atoms with Gasteiger partial charge in [0.25, 0.3) is 0 Å². The van der Waals surface area contributed by atoms with E-state index in [1.54, 1.807) is 4.90 Å². The van der Waals surface area contributed by atoms with Crippen LogP contribution in [0.4, 0.5) is 10.5 Å². The second-order valence-corrected chi connectivity index (χ2v) is 6.53. The maximum absolute atomic E-state index is 13.0. The SMILES string of the molecule is Cc1cccc(C)c1NC(=O)N(C)C(c1ccccc1)c1ccccc1. The molecule has 0 spiro atoms. The van der Waals surface area contributed by atoms with E-state index < -0.39 is 0 Å². The Kier molecular flexibility index (Phi) is 5.37. The van der Waals surface area contributed by atoms with E-state index >= 15 is 0 Å². The highest BCUT2D eigenvalue weighted by atomic mass is 16.2. The molecule has 0 heterocycles. The van der Waals surface area contributed by atoms with Crippen molar-refractivity contribution in [3.63, 3.8) is 0 Å². The van der Waals surface area contributed by atoms with Gasteiger partial charge in [-0.05, 0) is 36.1 Å². The van der Waals surface area contributed by atoms with Crippen LogP contribution in [0.3, 0.4) is 0 Å². The molecule has 3 rings (SSSR count). The fraction of sp³-hybridized carbons (Fsp3) is 0.174. The van der Waals surface area contributed by atoms with Crippen molar-refractivity contribution in [2.75, 3.05) is 12.4 Å². The van der Waals surface area contributed by atoms with Gasteiger partial charge in [-0.15, -0.1) is 0 Å². The molecule has 0 saturated carbocycles. The number of rotatable bonds is 4. The van der Waals surface area contributed by atoms with Crippen LogP contribution in [-0.4, -0.2) is 18.0 Å². The molecule has 0 saturated heterocycles. The molecule has 1 N–H and O–H groups in total. The van der Waals surface area contributed by atoms with Crippen LogP contribution in [0.5, 0.6) is 0 Å². The number of anilines is 1. The van der Waals surface area contributed by atoms with Crippen molar-refractivity contribution in [1.82, 2.24) is 4.90 Å². The second-order valence-electron chi connectivity index (χ2n) is 6.53. The molecule has 26 heavy (non-hydrogen) atoms.